The number of carbonyl (C=O) groups is 1. The monoisotopic (exact) mass is 392 g/mol. The van der Waals surface area contributed by atoms with Crippen LogP contribution in [0.2, 0.25) is 0 Å². The summed E-state index contributed by atoms with van der Waals surface area (Å²) in [7, 11) is -3.83. The fourth-order valence-electron chi connectivity index (χ4n) is 3.30. The highest BCUT2D eigenvalue weighted by molar-refractivity contribution is 7.89. The van der Waals surface area contributed by atoms with Gasteiger partial charge in [0.1, 0.15) is 5.76 Å². The standard InChI is InChI=1S/C19H24N2O5S/c1-14-7-9-21(10-8-14)17(18-6-3-11-26-18)13-20-27(24,25)16-5-2-4-15(12-16)19(22)23/h2-6,11-12,14,17,20H,7-10,13H2,1H3,(H,22,23). The number of nitrogens with one attached hydrogen (secondary N) is 1. The number of hydrogen-bond donors (Lipinski definition) is 2. The fourth-order valence-corrected chi connectivity index (χ4v) is 4.38. The maximum absolute atomic E-state index is 12.7. The molecule has 0 amide bonds. The molecule has 146 valence electrons. The normalized spacial score (nSPS) is 17.7. The van der Waals surface area contributed by atoms with Crippen LogP contribution in [0.4, 0.5) is 0 Å². The highest BCUT2D eigenvalue weighted by Gasteiger charge is 2.28. The van der Waals surface area contributed by atoms with Gasteiger partial charge in [-0.15, -0.1) is 0 Å². The second-order valence-corrected chi connectivity index (χ2v) is 8.70. The van der Waals surface area contributed by atoms with Gasteiger partial charge >= 0.3 is 5.97 Å². The molecule has 2 aromatic rings. The van der Waals surface area contributed by atoms with Gasteiger partial charge in [-0.2, -0.15) is 0 Å². The minimum atomic E-state index is -3.83. The van der Waals surface area contributed by atoms with Crippen molar-refractivity contribution in [2.45, 2.75) is 30.7 Å². The van der Waals surface area contributed by atoms with Gasteiger partial charge < -0.3 is 9.52 Å². The lowest BCUT2D eigenvalue weighted by molar-refractivity contribution is 0.0696. The first-order valence-corrected chi connectivity index (χ1v) is 10.5. The van der Waals surface area contributed by atoms with E-state index in [2.05, 4.69) is 16.5 Å². The molecule has 1 aromatic carbocycles. The van der Waals surface area contributed by atoms with Gasteiger partial charge in [0.05, 0.1) is 22.8 Å². The molecule has 0 radical (unpaired) electrons. The fraction of sp³-hybridized carbons (Fsp3) is 0.421. The van der Waals surface area contributed by atoms with Gasteiger partial charge in [-0.05, 0) is 62.2 Å². The lowest BCUT2D eigenvalue weighted by atomic mass is 9.97. The molecule has 0 spiro atoms. The molecule has 1 aliphatic heterocycles. The molecule has 1 unspecified atom stereocenters. The molecule has 7 nitrogen and oxygen atoms in total. The molecule has 1 saturated heterocycles. The van der Waals surface area contributed by atoms with Gasteiger partial charge in [-0.3, -0.25) is 4.90 Å². The van der Waals surface area contributed by atoms with E-state index >= 15 is 0 Å². The average Bonchev–Trinajstić information content (AvgIpc) is 3.18. The Hall–Kier alpha value is -2.16. The first-order chi connectivity index (χ1) is 12.9. The number of aromatic carboxylic acids is 1. The van der Waals surface area contributed by atoms with Crippen LogP contribution in [0.1, 0.15) is 41.9 Å². The Labute approximate surface area is 159 Å². The molecule has 2 heterocycles. The molecule has 3 rings (SSSR count). The molecule has 0 saturated carbocycles. The molecule has 0 bridgehead atoms. The highest BCUT2D eigenvalue weighted by atomic mass is 32.2. The van der Waals surface area contributed by atoms with Crippen LogP contribution in [-0.2, 0) is 10.0 Å². The summed E-state index contributed by atoms with van der Waals surface area (Å²) in [5.41, 5.74) is -0.0644. The summed E-state index contributed by atoms with van der Waals surface area (Å²) in [6.07, 6.45) is 3.70. The van der Waals surface area contributed by atoms with Crippen molar-refractivity contribution in [3.63, 3.8) is 0 Å². The SMILES string of the molecule is CC1CCN(C(CNS(=O)(=O)c2cccc(C(=O)O)c2)c2ccco2)CC1. The van der Waals surface area contributed by atoms with E-state index in [4.69, 9.17) is 9.52 Å². The molecular formula is C19H24N2O5S. The van der Waals surface area contributed by atoms with Crippen LogP contribution in [0.3, 0.4) is 0 Å². The van der Waals surface area contributed by atoms with Crippen molar-refractivity contribution in [1.29, 1.82) is 0 Å². The van der Waals surface area contributed by atoms with E-state index in [1.165, 1.54) is 18.2 Å². The van der Waals surface area contributed by atoms with Gasteiger partial charge in [0, 0.05) is 6.54 Å². The summed E-state index contributed by atoms with van der Waals surface area (Å²) < 4.78 is 33.5. The maximum Gasteiger partial charge on any atom is 0.335 e. The van der Waals surface area contributed by atoms with Crippen molar-refractivity contribution in [3.8, 4) is 0 Å². The molecule has 2 N–H and O–H groups in total. The molecule has 27 heavy (non-hydrogen) atoms. The molecule has 1 fully saturated rings. The van der Waals surface area contributed by atoms with Crippen molar-refractivity contribution >= 4 is 16.0 Å². The Morgan fingerprint density at radius 3 is 2.67 bits per heavy atom. The van der Waals surface area contributed by atoms with Crippen molar-refractivity contribution in [3.05, 3.63) is 54.0 Å². The number of furan rings is 1. The molecular weight excluding hydrogens is 368 g/mol. The molecule has 1 aromatic heterocycles. The number of likely N-dealkylation sites (tertiary alicyclic amines) is 1. The average molecular weight is 392 g/mol. The predicted octanol–water partition coefficient (Wildman–Crippen LogP) is 2.73. The summed E-state index contributed by atoms with van der Waals surface area (Å²) in [4.78, 5) is 13.3. The van der Waals surface area contributed by atoms with E-state index in [-0.39, 0.29) is 23.0 Å². The summed E-state index contributed by atoms with van der Waals surface area (Å²) in [6.45, 7) is 4.13. The number of carboxylic acids is 1. The van der Waals surface area contributed by atoms with Crippen LogP contribution in [0.5, 0.6) is 0 Å². The molecule has 1 aliphatic rings. The largest absolute Gasteiger partial charge is 0.478 e. The second kappa shape index (κ2) is 8.24. The first kappa shape index (κ1) is 19.6. The van der Waals surface area contributed by atoms with Crippen molar-refractivity contribution < 1.29 is 22.7 Å². The summed E-state index contributed by atoms with van der Waals surface area (Å²) in [5.74, 6) is 0.212. The van der Waals surface area contributed by atoms with E-state index in [9.17, 15) is 13.2 Å². The predicted molar refractivity (Wildman–Crippen MR) is 100 cm³/mol. The van der Waals surface area contributed by atoms with Gasteiger partial charge in [-0.25, -0.2) is 17.9 Å². The number of benzene rings is 1. The van der Waals surface area contributed by atoms with Crippen molar-refractivity contribution in [1.82, 2.24) is 9.62 Å². The summed E-state index contributed by atoms with van der Waals surface area (Å²) >= 11 is 0. The van der Waals surface area contributed by atoms with Crippen LogP contribution < -0.4 is 4.72 Å². The lowest BCUT2D eigenvalue weighted by Gasteiger charge is -2.35. The number of rotatable bonds is 7. The van der Waals surface area contributed by atoms with E-state index in [0.29, 0.717) is 11.7 Å². The zero-order valence-electron chi connectivity index (χ0n) is 15.2. The van der Waals surface area contributed by atoms with Crippen LogP contribution in [0.25, 0.3) is 0 Å². The van der Waals surface area contributed by atoms with E-state index in [1.807, 2.05) is 6.07 Å². The zero-order chi connectivity index (χ0) is 19.4. The summed E-state index contributed by atoms with van der Waals surface area (Å²) in [5, 5.41) is 9.08. The molecule has 0 aliphatic carbocycles. The van der Waals surface area contributed by atoms with E-state index in [0.717, 1.165) is 32.0 Å². The quantitative estimate of drug-likeness (QED) is 0.752. The number of hydrogen-bond acceptors (Lipinski definition) is 5. The number of piperidine rings is 1. The smallest absolute Gasteiger partial charge is 0.335 e. The number of sulfonamides is 1. The topological polar surface area (TPSA) is 99.9 Å². The Morgan fingerprint density at radius 2 is 2.04 bits per heavy atom. The highest BCUT2D eigenvalue weighted by Crippen LogP contribution is 2.27. The van der Waals surface area contributed by atoms with Gasteiger partial charge in [0.15, 0.2) is 0 Å². The minimum absolute atomic E-state index is 0.0622. The third-order valence-corrected chi connectivity index (χ3v) is 6.41. The van der Waals surface area contributed by atoms with Gasteiger partial charge in [0.25, 0.3) is 0 Å². The van der Waals surface area contributed by atoms with Crippen LogP contribution >= 0.6 is 0 Å². The van der Waals surface area contributed by atoms with Crippen LogP contribution in [-0.4, -0.2) is 44.0 Å². The Balaban J connectivity index is 1.76. The third-order valence-electron chi connectivity index (χ3n) is 4.99. The van der Waals surface area contributed by atoms with E-state index in [1.54, 1.807) is 12.3 Å². The molecule has 8 heteroatoms. The van der Waals surface area contributed by atoms with Crippen LogP contribution in [0, 0.1) is 5.92 Å². The van der Waals surface area contributed by atoms with Crippen molar-refractivity contribution in [2.24, 2.45) is 5.92 Å². The van der Waals surface area contributed by atoms with Crippen LogP contribution in [0.15, 0.2) is 52.0 Å². The van der Waals surface area contributed by atoms with Gasteiger partial charge in [-0.1, -0.05) is 13.0 Å². The second-order valence-electron chi connectivity index (χ2n) is 6.93. The Kier molecular flexibility index (Phi) is 5.98. The minimum Gasteiger partial charge on any atom is -0.478 e. The third kappa shape index (κ3) is 4.77. The van der Waals surface area contributed by atoms with Crippen molar-refractivity contribution in [2.75, 3.05) is 19.6 Å². The lowest BCUT2D eigenvalue weighted by Crippen LogP contribution is -2.41. The number of carboxylic acid groups (broad SMARTS) is 1. The first-order valence-electron chi connectivity index (χ1n) is 8.97. The molecule has 1 atom stereocenters. The van der Waals surface area contributed by atoms with E-state index < -0.39 is 16.0 Å². The Bertz CT molecular complexity index is 871. The summed E-state index contributed by atoms with van der Waals surface area (Å²) in [6, 6.07) is 8.77. The Morgan fingerprint density at radius 1 is 1.30 bits per heavy atom. The zero-order valence-corrected chi connectivity index (χ0v) is 16.0. The maximum atomic E-state index is 12.7. The van der Waals surface area contributed by atoms with Gasteiger partial charge in [0.2, 0.25) is 10.0 Å². The number of nitrogens with zero attached hydrogens (tertiary/aromatic N) is 1.